The summed E-state index contributed by atoms with van der Waals surface area (Å²) >= 11 is 0. The highest BCUT2D eigenvalue weighted by Gasteiger charge is 2.69. The Balaban J connectivity index is 0.943. The zero-order chi connectivity index (χ0) is 23.8. The highest BCUT2D eigenvalue weighted by Crippen LogP contribution is 2.58. The molecule has 1 N–H and O–H groups in total. The first-order chi connectivity index (χ1) is 16.1. The van der Waals surface area contributed by atoms with E-state index < -0.39 is 53.2 Å². The lowest BCUT2D eigenvalue weighted by atomic mass is 9.91. The summed E-state index contributed by atoms with van der Waals surface area (Å²) in [5.41, 5.74) is -7.34. The molecular weight excluding hydrogens is 464 g/mol. The van der Waals surface area contributed by atoms with E-state index in [1.165, 1.54) is 0 Å². The maximum atomic E-state index is 15.3. The van der Waals surface area contributed by atoms with Gasteiger partial charge in [0.05, 0.1) is 64.1 Å². The quantitative estimate of drug-likeness (QED) is 0.327. The van der Waals surface area contributed by atoms with E-state index >= 15 is 17.6 Å². The Bertz CT molecular complexity index is 724. The molecule has 7 nitrogen and oxygen atoms in total. The molecule has 6 aliphatic rings. The van der Waals surface area contributed by atoms with Gasteiger partial charge in [0.2, 0.25) is 0 Å². The van der Waals surface area contributed by atoms with E-state index in [4.69, 9.17) is 28.4 Å². The Hall–Kier alpha value is -0.560. The van der Waals surface area contributed by atoms with E-state index in [0.29, 0.717) is 13.2 Å². The minimum absolute atomic E-state index is 0.0259. The third kappa shape index (κ3) is 4.39. The summed E-state index contributed by atoms with van der Waals surface area (Å²) in [7, 11) is 0. The Kier molecular flexibility index (Phi) is 5.76. The molecule has 4 aliphatic carbocycles. The van der Waals surface area contributed by atoms with Crippen LogP contribution in [0.15, 0.2) is 0 Å². The molecule has 2 aliphatic heterocycles. The number of hydrogen-bond donors (Lipinski definition) is 1. The van der Waals surface area contributed by atoms with Crippen molar-refractivity contribution in [2.24, 2.45) is 0 Å². The van der Waals surface area contributed by atoms with Gasteiger partial charge >= 0.3 is 0 Å². The van der Waals surface area contributed by atoms with Crippen LogP contribution < -0.4 is 0 Å². The standard InChI is InChI=1S/C23H32F4O7/c24-20-3-18(33-9-14-7-29-14)22(26,11-20)1-16(20)31-5-13(28)6-32-17-2-23(27)12-21(17,25)4-19(23)34-10-15-8-30-15/h13-19,28H,1-12H2. The number of ether oxygens (including phenoxy) is 6. The molecule has 6 fully saturated rings. The number of rotatable bonds is 12. The first-order valence-corrected chi connectivity index (χ1v) is 12.2. The highest BCUT2D eigenvalue weighted by atomic mass is 19.2. The summed E-state index contributed by atoms with van der Waals surface area (Å²) in [5, 5.41) is 10.3. The molecular formula is C23H32F4O7. The van der Waals surface area contributed by atoms with Gasteiger partial charge in [-0.25, -0.2) is 17.6 Å². The lowest BCUT2D eigenvalue weighted by Gasteiger charge is -2.35. The van der Waals surface area contributed by atoms with Crippen molar-refractivity contribution in [2.45, 2.75) is 104 Å². The summed E-state index contributed by atoms with van der Waals surface area (Å²) in [5.74, 6) is 0. The first-order valence-electron chi connectivity index (χ1n) is 12.2. The minimum Gasteiger partial charge on any atom is -0.388 e. The zero-order valence-corrected chi connectivity index (χ0v) is 18.9. The van der Waals surface area contributed by atoms with E-state index in [9.17, 15) is 5.11 Å². The van der Waals surface area contributed by atoms with E-state index in [2.05, 4.69) is 0 Å². The van der Waals surface area contributed by atoms with Crippen molar-refractivity contribution in [2.75, 3.05) is 39.6 Å². The fraction of sp³-hybridized carbons (Fsp3) is 1.00. The summed E-state index contributed by atoms with van der Waals surface area (Å²) < 4.78 is 93.3. The molecule has 0 aromatic carbocycles. The smallest absolute Gasteiger partial charge is 0.142 e. The van der Waals surface area contributed by atoms with Crippen molar-refractivity contribution >= 4 is 0 Å². The molecule has 2 heterocycles. The van der Waals surface area contributed by atoms with Gasteiger partial charge in [-0.1, -0.05) is 0 Å². The fourth-order valence-corrected chi connectivity index (χ4v) is 6.32. The fourth-order valence-electron chi connectivity index (χ4n) is 6.32. The average molecular weight is 496 g/mol. The van der Waals surface area contributed by atoms with Crippen LogP contribution in [0, 0.1) is 0 Å². The van der Waals surface area contributed by atoms with Gasteiger partial charge in [-0.05, 0) is 0 Å². The molecule has 0 spiro atoms. The minimum atomic E-state index is -1.86. The van der Waals surface area contributed by atoms with Crippen LogP contribution in [0.5, 0.6) is 0 Å². The van der Waals surface area contributed by atoms with Crippen molar-refractivity contribution in [3.63, 3.8) is 0 Å². The third-order valence-corrected chi connectivity index (χ3v) is 8.33. The molecule has 0 amide bonds. The van der Waals surface area contributed by atoms with Crippen molar-refractivity contribution in [3.8, 4) is 0 Å². The van der Waals surface area contributed by atoms with Crippen molar-refractivity contribution in [1.82, 2.24) is 0 Å². The lowest BCUT2D eigenvalue weighted by Crippen LogP contribution is -2.46. The molecule has 10 unspecified atom stereocenters. The predicted molar refractivity (Wildman–Crippen MR) is 108 cm³/mol. The predicted octanol–water partition coefficient (Wildman–Crippen LogP) is 1.91. The van der Waals surface area contributed by atoms with E-state index in [-0.39, 0.29) is 77.2 Å². The molecule has 2 saturated heterocycles. The van der Waals surface area contributed by atoms with Gasteiger partial charge < -0.3 is 33.5 Å². The van der Waals surface area contributed by atoms with Crippen molar-refractivity contribution in [3.05, 3.63) is 0 Å². The summed E-state index contributed by atoms with van der Waals surface area (Å²) in [6.07, 6.45) is -5.98. The Labute approximate surface area is 195 Å². The normalized spacial score (nSPS) is 53.6. The lowest BCUT2D eigenvalue weighted by molar-refractivity contribution is -0.142. The highest BCUT2D eigenvalue weighted by molar-refractivity contribution is 5.19. The van der Waals surface area contributed by atoms with Crippen LogP contribution >= 0.6 is 0 Å². The molecule has 194 valence electrons. The van der Waals surface area contributed by atoms with Crippen LogP contribution in [0.1, 0.15) is 38.5 Å². The van der Waals surface area contributed by atoms with Gasteiger partial charge in [0.1, 0.15) is 41.0 Å². The number of fused-ring (bicyclic) bond motifs is 4. The topological polar surface area (TPSA) is 82.2 Å². The van der Waals surface area contributed by atoms with Gasteiger partial charge in [-0.3, -0.25) is 0 Å². The number of halogens is 4. The maximum absolute atomic E-state index is 15.3. The molecule has 0 radical (unpaired) electrons. The largest absolute Gasteiger partial charge is 0.388 e. The first kappa shape index (κ1) is 23.8. The number of aliphatic hydroxyl groups is 1. The Morgan fingerprint density at radius 2 is 0.971 bits per heavy atom. The van der Waals surface area contributed by atoms with Crippen LogP contribution in [0.3, 0.4) is 0 Å². The van der Waals surface area contributed by atoms with Gasteiger partial charge in [-0.2, -0.15) is 0 Å². The van der Waals surface area contributed by atoms with Crippen LogP contribution in [0.25, 0.3) is 0 Å². The molecule has 10 atom stereocenters. The zero-order valence-electron chi connectivity index (χ0n) is 18.9. The molecule has 6 rings (SSSR count). The van der Waals surface area contributed by atoms with Gasteiger partial charge in [-0.15, -0.1) is 0 Å². The maximum Gasteiger partial charge on any atom is 0.142 e. The Morgan fingerprint density at radius 1 is 0.647 bits per heavy atom. The number of alkyl halides is 4. The molecule has 0 aromatic rings. The van der Waals surface area contributed by atoms with Crippen molar-refractivity contribution < 1.29 is 51.1 Å². The number of epoxide rings is 2. The van der Waals surface area contributed by atoms with Crippen LogP contribution in [-0.4, -0.2) is 110 Å². The third-order valence-electron chi connectivity index (χ3n) is 8.33. The molecule has 4 bridgehead atoms. The molecule has 4 saturated carbocycles. The Morgan fingerprint density at radius 3 is 1.26 bits per heavy atom. The van der Waals surface area contributed by atoms with Crippen LogP contribution in [0.2, 0.25) is 0 Å². The second kappa shape index (κ2) is 8.22. The average Bonchev–Trinajstić information content (AvgIpc) is 3.67. The summed E-state index contributed by atoms with van der Waals surface area (Å²) in [4.78, 5) is 0. The van der Waals surface area contributed by atoms with Crippen molar-refractivity contribution in [1.29, 1.82) is 0 Å². The van der Waals surface area contributed by atoms with E-state index in [0.717, 1.165) is 0 Å². The number of aliphatic hydroxyl groups excluding tert-OH is 1. The second-order valence-corrected chi connectivity index (χ2v) is 11.2. The number of hydrogen-bond acceptors (Lipinski definition) is 7. The van der Waals surface area contributed by atoms with E-state index in [1.807, 2.05) is 0 Å². The van der Waals surface area contributed by atoms with Gasteiger partial charge in [0, 0.05) is 38.5 Å². The molecule has 34 heavy (non-hydrogen) atoms. The molecule has 0 aromatic heterocycles. The van der Waals surface area contributed by atoms with Crippen LogP contribution in [-0.2, 0) is 28.4 Å². The van der Waals surface area contributed by atoms with Gasteiger partial charge in [0.25, 0.3) is 0 Å². The van der Waals surface area contributed by atoms with Gasteiger partial charge in [0.15, 0.2) is 0 Å². The summed E-state index contributed by atoms with van der Waals surface area (Å²) in [6, 6.07) is 0. The van der Waals surface area contributed by atoms with E-state index in [1.54, 1.807) is 0 Å². The monoisotopic (exact) mass is 496 g/mol. The summed E-state index contributed by atoms with van der Waals surface area (Å²) in [6.45, 7) is 1.11. The molecule has 11 heteroatoms. The van der Waals surface area contributed by atoms with Crippen LogP contribution in [0.4, 0.5) is 17.6 Å². The second-order valence-electron chi connectivity index (χ2n) is 11.2. The SMILES string of the molecule is OC(COC1CC2(F)CC1(F)CC2OCC1CO1)COC1CC2(F)CC1(F)CC2OCC1CO1.